The highest BCUT2D eigenvalue weighted by atomic mass is 35.5. The van der Waals surface area contributed by atoms with Crippen molar-refractivity contribution in [2.24, 2.45) is 5.84 Å². The number of hydrogen-bond donors (Lipinski definition) is 2. The van der Waals surface area contributed by atoms with Gasteiger partial charge in [0, 0.05) is 5.56 Å². The van der Waals surface area contributed by atoms with Crippen LogP contribution < -0.4 is 11.3 Å². The van der Waals surface area contributed by atoms with E-state index in [2.05, 4.69) is 5.43 Å². The average Bonchev–Trinajstić information content (AvgIpc) is 2.74. The van der Waals surface area contributed by atoms with Gasteiger partial charge in [-0.05, 0) is 24.1 Å². The van der Waals surface area contributed by atoms with E-state index in [9.17, 15) is 13.2 Å². The molecule has 3 N–H and O–H groups in total. The van der Waals surface area contributed by atoms with Crippen molar-refractivity contribution < 1.29 is 13.2 Å². The van der Waals surface area contributed by atoms with E-state index in [1.807, 2.05) is 0 Å². The molecule has 2 aromatic rings. The highest BCUT2D eigenvalue weighted by Crippen LogP contribution is 2.36. The van der Waals surface area contributed by atoms with Gasteiger partial charge in [0.1, 0.15) is 0 Å². The number of benzene rings is 1. The first-order valence-corrected chi connectivity index (χ1v) is 7.45. The van der Waals surface area contributed by atoms with Crippen LogP contribution in [0, 0.1) is 0 Å². The van der Waals surface area contributed by atoms with Crippen LogP contribution >= 0.6 is 34.5 Å². The van der Waals surface area contributed by atoms with E-state index >= 15 is 0 Å². The fraction of sp³-hybridized carbons (Fsp3) is 0.231. The molecule has 0 fully saturated rings. The minimum Gasteiger partial charge on any atom is -0.271 e. The number of hydrogen-bond acceptors (Lipinski definition) is 3. The Bertz CT molecular complexity index is 628. The molecule has 0 amide bonds. The van der Waals surface area contributed by atoms with Gasteiger partial charge in [-0.15, -0.1) is 11.3 Å². The third-order valence-corrected chi connectivity index (χ3v) is 4.47. The fourth-order valence-electron chi connectivity index (χ4n) is 1.96. The van der Waals surface area contributed by atoms with Gasteiger partial charge in [0.15, 0.2) is 0 Å². The Balaban J connectivity index is 2.25. The van der Waals surface area contributed by atoms with Crippen molar-refractivity contribution in [1.29, 1.82) is 0 Å². The summed E-state index contributed by atoms with van der Waals surface area (Å²) in [6.07, 6.45) is -4.10. The van der Waals surface area contributed by atoms with Crippen LogP contribution in [0.5, 0.6) is 0 Å². The number of halogens is 5. The maximum Gasteiger partial charge on any atom is 0.416 e. The molecule has 2 nitrogen and oxygen atoms in total. The van der Waals surface area contributed by atoms with Crippen molar-refractivity contribution in [3.8, 4) is 0 Å². The van der Waals surface area contributed by atoms with Crippen LogP contribution in [0.2, 0.25) is 8.67 Å². The SMILES string of the molecule is NNC(Cc1cccc(C(F)(F)F)c1)c1cc(Cl)sc1Cl. The van der Waals surface area contributed by atoms with E-state index in [4.69, 9.17) is 29.0 Å². The predicted octanol–water partition coefficient (Wildman–Crippen LogP) is 4.82. The van der Waals surface area contributed by atoms with Crippen LogP contribution in [0.1, 0.15) is 22.7 Å². The largest absolute Gasteiger partial charge is 0.416 e. The van der Waals surface area contributed by atoms with E-state index in [0.717, 1.165) is 12.1 Å². The van der Waals surface area contributed by atoms with E-state index in [1.165, 1.54) is 17.4 Å². The topological polar surface area (TPSA) is 38.0 Å². The summed E-state index contributed by atoms with van der Waals surface area (Å²) in [5.41, 5.74) is 3.05. The lowest BCUT2D eigenvalue weighted by Crippen LogP contribution is -2.29. The van der Waals surface area contributed by atoms with Crippen molar-refractivity contribution >= 4 is 34.5 Å². The highest BCUT2D eigenvalue weighted by Gasteiger charge is 2.30. The van der Waals surface area contributed by atoms with Crippen LogP contribution in [0.3, 0.4) is 0 Å². The summed E-state index contributed by atoms with van der Waals surface area (Å²) in [5, 5.41) is 0. The number of alkyl halides is 3. The Labute approximate surface area is 133 Å². The van der Waals surface area contributed by atoms with Gasteiger partial charge in [0.25, 0.3) is 0 Å². The Kier molecular flexibility index (Phi) is 5.16. The van der Waals surface area contributed by atoms with Crippen LogP contribution in [-0.2, 0) is 12.6 Å². The minimum absolute atomic E-state index is 0.271. The van der Waals surface area contributed by atoms with Crippen molar-refractivity contribution in [3.05, 3.63) is 55.7 Å². The van der Waals surface area contributed by atoms with Crippen LogP contribution in [0.25, 0.3) is 0 Å². The first kappa shape index (κ1) is 16.6. The van der Waals surface area contributed by atoms with Crippen LogP contribution in [-0.4, -0.2) is 0 Å². The minimum atomic E-state index is -4.37. The zero-order chi connectivity index (χ0) is 15.6. The molecule has 1 heterocycles. The molecule has 1 unspecified atom stereocenters. The molecule has 0 spiro atoms. The Morgan fingerprint density at radius 2 is 1.95 bits per heavy atom. The lowest BCUT2D eigenvalue weighted by atomic mass is 10.00. The third kappa shape index (κ3) is 4.11. The summed E-state index contributed by atoms with van der Waals surface area (Å²) >= 11 is 13.1. The molecule has 0 saturated heterocycles. The zero-order valence-corrected chi connectivity index (χ0v) is 12.9. The first-order valence-electron chi connectivity index (χ1n) is 5.88. The number of rotatable bonds is 4. The lowest BCUT2D eigenvalue weighted by Gasteiger charge is -2.16. The summed E-state index contributed by atoms with van der Waals surface area (Å²) in [4.78, 5) is 0. The smallest absolute Gasteiger partial charge is 0.271 e. The molecule has 0 saturated carbocycles. The molecule has 0 aliphatic heterocycles. The molecule has 1 atom stereocenters. The molecular weight excluding hydrogens is 344 g/mol. The molecule has 8 heteroatoms. The summed E-state index contributed by atoms with van der Waals surface area (Å²) in [6, 6.07) is 6.36. The van der Waals surface area contributed by atoms with Gasteiger partial charge < -0.3 is 0 Å². The number of hydrazine groups is 1. The van der Waals surface area contributed by atoms with Crippen LogP contribution in [0.15, 0.2) is 30.3 Å². The summed E-state index contributed by atoms with van der Waals surface area (Å²) in [5.74, 6) is 5.49. The second-order valence-corrected chi connectivity index (χ2v) is 6.69. The zero-order valence-electron chi connectivity index (χ0n) is 10.5. The van der Waals surface area contributed by atoms with E-state index in [1.54, 1.807) is 12.1 Å². The Hall–Kier alpha value is -0.790. The van der Waals surface area contributed by atoms with Crippen LogP contribution in [0.4, 0.5) is 13.2 Å². The molecule has 1 aromatic carbocycles. The molecule has 0 radical (unpaired) electrons. The molecule has 0 bridgehead atoms. The summed E-state index contributed by atoms with van der Waals surface area (Å²) < 4.78 is 39.1. The van der Waals surface area contributed by atoms with Crippen molar-refractivity contribution in [3.63, 3.8) is 0 Å². The summed E-state index contributed by atoms with van der Waals surface area (Å²) in [7, 11) is 0. The first-order chi connectivity index (χ1) is 9.81. The molecule has 1 aromatic heterocycles. The second-order valence-electron chi connectivity index (χ2n) is 4.40. The predicted molar refractivity (Wildman–Crippen MR) is 79.6 cm³/mol. The standard InChI is InChI=1S/C13H11Cl2F3N2S/c14-11-6-9(12(15)21-11)10(20-19)5-7-2-1-3-8(4-7)13(16,17)18/h1-4,6,10,20H,5,19H2. The van der Waals surface area contributed by atoms with Gasteiger partial charge in [0.2, 0.25) is 0 Å². The third-order valence-electron chi connectivity index (χ3n) is 2.95. The van der Waals surface area contributed by atoms with Crippen molar-refractivity contribution in [2.45, 2.75) is 18.6 Å². The van der Waals surface area contributed by atoms with Gasteiger partial charge in [0.05, 0.1) is 20.3 Å². The van der Waals surface area contributed by atoms with Gasteiger partial charge in [-0.1, -0.05) is 41.4 Å². The molecule has 0 aliphatic carbocycles. The second kappa shape index (κ2) is 6.54. The Morgan fingerprint density at radius 3 is 2.48 bits per heavy atom. The molecular formula is C13H11Cl2F3N2S. The van der Waals surface area contributed by atoms with E-state index in [-0.39, 0.29) is 6.42 Å². The van der Waals surface area contributed by atoms with E-state index < -0.39 is 17.8 Å². The van der Waals surface area contributed by atoms with Gasteiger partial charge >= 0.3 is 6.18 Å². The molecule has 0 aliphatic rings. The summed E-state index contributed by atoms with van der Waals surface area (Å²) in [6.45, 7) is 0. The highest BCUT2D eigenvalue weighted by molar-refractivity contribution is 7.20. The monoisotopic (exact) mass is 354 g/mol. The van der Waals surface area contributed by atoms with Gasteiger partial charge in [-0.3, -0.25) is 11.3 Å². The maximum absolute atomic E-state index is 12.7. The normalized spacial score (nSPS) is 13.4. The quantitative estimate of drug-likeness (QED) is 0.610. The van der Waals surface area contributed by atoms with Gasteiger partial charge in [-0.2, -0.15) is 13.2 Å². The van der Waals surface area contributed by atoms with E-state index in [0.29, 0.717) is 19.8 Å². The fourth-order valence-corrected chi connectivity index (χ4v) is 3.54. The average molecular weight is 355 g/mol. The lowest BCUT2D eigenvalue weighted by molar-refractivity contribution is -0.137. The number of nitrogens with two attached hydrogens (primary N) is 1. The number of nitrogens with one attached hydrogen (secondary N) is 1. The maximum atomic E-state index is 12.7. The molecule has 114 valence electrons. The van der Waals surface area contributed by atoms with Crippen molar-refractivity contribution in [1.82, 2.24) is 5.43 Å². The molecule has 2 rings (SSSR count). The molecule has 21 heavy (non-hydrogen) atoms. The van der Waals surface area contributed by atoms with Crippen molar-refractivity contribution in [2.75, 3.05) is 0 Å². The number of thiophene rings is 1. The Morgan fingerprint density at radius 1 is 1.24 bits per heavy atom. The van der Waals surface area contributed by atoms with Gasteiger partial charge in [-0.25, -0.2) is 0 Å².